The molecule has 2 fully saturated rings. The third kappa shape index (κ3) is 5.23. The standard InChI is InChI=1S/C21H31N3O2/c1-17-6-4-7-18(16-17)10-11-20(25)23-12-5-13-24(15-14-23)21(26)22-19-8-2-3-9-19/h4,6-7,16,19H,2-3,5,8-15H2,1H3,(H,22,26). The van der Waals surface area contributed by atoms with Gasteiger partial charge < -0.3 is 15.1 Å². The highest BCUT2D eigenvalue weighted by molar-refractivity contribution is 5.77. The van der Waals surface area contributed by atoms with Crippen molar-refractivity contribution in [1.29, 1.82) is 0 Å². The van der Waals surface area contributed by atoms with Gasteiger partial charge in [-0.05, 0) is 38.2 Å². The molecule has 0 unspecified atom stereocenters. The molecule has 1 aromatic carbocycles. The largest absolute Gasteiger partial charge is 0.341 e. The number of hydrogen-bond acceptors (Lipinski definition) is 2. The van der Waals surface area contributed by atoms with Crippen molar-refractivity contribution in [2.45, 2.75) is 57.9 Å². The molecule has 0 bridgehead atoms. The zero-order valence-corrected chi connectivity index (χ0v) is 15.9. The molecule has 142 valence electrons. The number of urea groups is 1. The van der Waals surface area contributed by atoms with Crippen LogP contribution in [0.5, 0.6) is 0 Å². The van der Waals surface area contributed by atoms with Gasteiger partial charge in [-0.1, -0.05) is 42.7 Å². The summed E-state index contributed by atoms with van der Waals surface area (Å²) in [5.74, 6) is 0.199. The summed E-state index contributed by atoms with van der Waals surface area (Å²) >= 11 is 0. The lowest BCUT2D eigenvalue weighted by molar-refractivity contribution is -0.131. The van der Waals surface area contributed by atoms with E-state index in [-0.39, 0.29) is 11.9 Å². The Morgan fingerprint density at radius 2 is 1.77 bits per heavy atom. The van der Waals surface area contributed by atoms with E-state index in [9.17, 15) is 9.59 Å². The van der Waals surface area contributed by atoms with Crippen molar-refractivity contribution < 1.29 is 9.59 Å². The molecule has 1 heterocycles. The number of nitrogens with one attached hydrogen (secondary N) is 1. The van der Waals surface area contributed by atoms with Gasteiger partial charge in [0.05, 0.1) is 0 Å². The van der Waals surface area contributed by atoms with Gasteiger partial charge in [0.25, 0.3) is 0 Å². The number of nitrogens with zero attached hydrogens (tertiary/aromatic N) is 2. The first-order valence-electron chi connectivity index (χ1n) is 10.0. The lowest BCUT2D eigenvalue weighted by atomic mass is 10.1. The van der Waals surface area contributed by atoms with E-state index in [0.717, 1.165) is 38.8 Å². The predicted molar refractivity (Wildman–Crippen MR) is 103 cm³/mol. The summed E-state index contributed by atoms with van der Waals surface area (Å²) < 4.78 is 0. The van der Waals surface area contributed by atoms with Crippen LogP contribution >= 0.6 is 0 Å². The number of rotatable bonds is 4. The zero-order valence-electron chi connectivity index (χ0n) is 15.9. The number of carbonyl (C=O) groups is 2. The Kier molecular flexibility index (Phi) is 6.53. The molecule has 2 aliphatic rings. The Morgan fingerprint density at radius 1 is 1.04 bits per heavy atom. The van der Waals surface area contributed by atoms with Gasteiger partial charge in [0, 0.05) is 38.6 Å². The van der Waals surface area contributed by atoms with E-state index in [1.165, 1.54) is 24.0 Å². The maximum absolute atomic E-state index is 12.6. The van der Waals surface area contributed by atoms with Crippen molar-refractivity contribution in [1.82, 2.24) is 15.1 Å². The van der Waals surface area contributed by atoms with Crippen LogP contribution in [-0.4, -0.2) is 54.0 Å². The van der Waals surface area contributed by atoms with Gasteiger partial charge in [-0.2, -0.15) is 0 Å². The molecular formula is C21H31N3O2. The summed E-state index contributed by atoms with van der Waals surface area (Å²) in [6.45, 7) is 4.84. The lowest BCUT2D eigenvalue weighted by Gasteiger charge is -2.24. The van der Waals surface area contributed by atoms with Crippen LogP contribution in [0.15, 0.2) is 24.3 Å². The SMILES string of the molecule is Cc1cccc(CCC(=O)N2CCCN(C(=O)NC3CCCC3)CC2)c1. The third-order valence-corrected chi connectivity index (χ3v) is 5.53. The number of benzene rings is 1. The van der Waals surface area contributed by atoms with Crippen LogP contribution < -0.4 is 5.32 Å². The highest BCUT2D eigenvalue weighted by atomic mass is 16.2. The Bertz CT molecular complexity index is 625. The fraction of sp³-hybridized carbons (Fsp3) is 0.619. The number of hydrogen-bond donors (Lipinski definition) is 1. The van der Waals surface area contributed by atoms with E-state index < -0.39 is 0 Å². The Balaban J connectivity index is 1.45. The first kappa shape index (κ1) is 18.7. The van der Waals surface area contributed by atoms with Crippen molar-refractivity contribution in [3.8, 4) is 0 Å². The normalized spacial score (nSPS) is 18.7. The first-order chi connectivity index (χ1) is 12.6. The summed E-state index contributed by atoms with van der Waals surface area (Å²) in [5, 5.41) is 3.16. The molecule has 3 rings (SSSR count). The van der Waals surface area contributed by atoms with Crippen LogP contribution in [-0.2, 0) is 11.2 Å². The molecule has 1 saturated carbocycles. The van der Waals surface area contributed by atoms with E-state index in [1.54, 1.807) is 0 Å². The molecule has 5 heteroatoms. The van der Waals surface area contributed by atoms with Gasteiger partial charge in [0.15, 0.2) is 0 Å². The van der Waals surface area contributed by atoms with Crippen molar-refractivity contribution in [3.63, 3.8) is 0 Å². The second-order valence-corrected chi connectivity index (χ2v) is 7.64. The fourth-order valence-electron chi connectivity index (χ4n) is 3.98. The molecule has 1 aliphatic carbocycles. The van der Waals surface area contributed by atoms with Crippen molar-refractivity contribution in [2.24, 2.45) is 0 Å². The zero-order chi connectivity index (χ0) is 18.4. The quantitative estimate of drug-likeness (QED) is 0.900. The fourth-order valence-corrected chi connectivity index (χ4v) is 3.98. The molecular weight excluding hydrogens is 326 g/mol. The van der Waals surface area contributed by atoms with Gasteiger partial charge in [-0.15, -0.1) is 0 Å². The van der Waals surface area contributed by atoms with Crippen molar-refractivity contribution in [3.05, 3.63) is 35.4 Å². The van der Waals surface area contributed by atoms with E-state index >= 15 is 0 Å². The Morgan fingerprint density at radius 3 is 2.54 bits per heavy atom. The second kappa shape index (κ2) is 9.06. The van der Waals surface area contributed by atoms with Gasteiger partial charge in [0.2, 0.25) is 5.91 Å². The Labute approximate surface area is 156 Å². The van der Waals surface area contributed by atoms with Crippen molar-refractivity contribution >= 4 is 11.9 Å². The molecule has 3 amide bonds. The van der Waals surface area contributed by atoms with E-state index in [1.807, 2.05) is 15.9 Å². The molecule has 0 radical (unpaired) electrons. The number of carbonyl (C=O) groups excluding carboxylic acids is 2. The molecule has 0 spiro atoms. The molecule has 0 atom stereocenters. The molecule has 1 saturated heterocycles. The topological polar surface area (TPSA) is 52.7 Å². The van der Waals surface area contributed by atoms with Crippen LogP contribution in [0.2, 0.25) is 0 Å². The van der Waals surface area contributed by atoms with Crippen LogP contribution in [0.1, 0.15) is 49.7 Å². The van der Waals surface area contributed by atoms with Crippen LogP contribution in [0.4, 0.5) is 4.79 Å². The minimum absolute atomic E-state index is 0.0472. The monoisotopic (exact) mass is 357 g/mol. The van der Waals surface area contributed by atoms with E-state index in [4.69, 9.17) is 0 Å². The van der Waals surface area contributed by atoms with Gasteiger partial charge in [0.1, 0.15) is 0 Å². The van der Waals surface area contributed by atoms with Gasteiger partial charge >= 0.3 is 6.03 Å². The van der Waals surface area contributed by atoms with Crippen LogP contribution in [0.3, 0.4) is 0 Å². The summed E-state index contributed by atoms with van der Waals surface area (Å²) in [6, 6.07) is 8.74. The minimum Gasteiger partial charge on any atom is -0.341 e. The average molecular weight is 357 g/mol. The molecule has 1 N–H and O–H groups in total. The molecule has 1 aromatic rings. The number of amides is 3. The maximum Gasteiger partial charge on any atom is 0.317 e. The smallest absolute Gasteiger partial charge is 0.317 e. The van der Waals surface area contributed by atoms with Gasteiger partial charge in [-0.25, -0.2) is 4.79 Å². The maximum atomic E-state index is 12.6. The third-order valence-electron chi connectivity index (χ3n) is 5.53. The number of aryl methyl sites for hydroxylation is 2. The Hall–Kier alpha value is -2.04. The van der Waals surface area contributed by atoms with Crippen LogP contribution in [0.25, 0.3) is 0 Å². The second-order valence-electron chi connectivity index (χ2n) is 7.64. The summed E-state index contributed by atoms with van der Waals surface area (Å²) in [6.07, 6.45) is 6.81. The van der Waals surface area contributed by atoms with Gasteiger partial charge in [-0.3, -0.25) is 4.79 Å². The molecule has 0 aromatic heterocycles. The summed E-state index contributed by atoms with van der Waals surface area (Å²) in [7, 11) is 0. The first-order valence-corrected chi connectivity index (χ1v) is 10.0. The molecule has 26 heavy (non-hydrogen) atoms. The predicted octanol–water partition coefficient (Wildman–Crippen LogP) is 3.11. The summed E-state index contributed by atoms with van der Waals surface area (Å²) in [5.41, 5.74) is 2.44. The molecule has 5 nitrogen and oxygen atoms in total. The average Bonchev–Trinajstić information content (AvgIpc) is 3.01. The van der Waals surface area contributed by atoms with Crippen LogP contribution in [0, 0.1) is 6.92 Å². The molecule has 1 aliphatic heterocycles. The minimum atomic E-state index is 0.0472. The van der Waals surface area contributed by atoms with E-state index in [2.05, 4.69) is 30.4 Å². The highest BCUT2D eigenvalue weighted by Crippen LogP contribution is 2.18. The lowest BCUT2D eigenvalue weighted by Crippen LogP contribution is -2.45. The highest BCUT2D eigenvalue weighted by Gasteiger charge is 2.24. The summed E-state index contributed by atoms with van der Waals surface area (Å²) in [4.78, 5) is 28.8. The van der Waals surface area contributed by atoms with Crippen molar-refractivity contribution in [2.75, 3.05) is 26.2 Å². The van der Waals surface area contributed by atoms with E-state index in [0.29, 0.717) is 25.6 Å².